The highest BCUT2D eigenvalue weighted by atomic mass is 35.5. The molecule has 160 valence electrons. The smallest absolute Gasteiger partial charge is 0.238 e. The average Bonchev–Trinajstić information content (AvgIpc) is 2.78. The van der Waals surface area contributed by atoms with Crippen molar-refractivity contribution in [3.05, 3.63) is 82.8 Å². The quantitative estimate of drug-likeness (QED) is 0.484. The molecule has 1 aliphatic rings. The van der Waals surface area contributed by atoms with Crippen molar-refractivity contribution in [2.24, 2.45) is 0 Å². The van der Waals surface area contributed by atoms with E-state index in [2.05, 4.69) is 15.1 Å². The Hall–Kier alpha value is -2.18. The van der Waals surface area contributed by atoms with E-state index in [-0.39, 0.29) is 5.91 Å². The van der Waals surface area contributed by atoms with Gasteiger partial charge in [0.2, 0.25) is 5.91 Å². The van der Waals surface area contributed by atoms with Crippen LogP contribution >= 0.6 is 35.0 Å². The molecular weight excluding hydrogens is 449 g/mol. The minimum absolute atomic E-state index is 0.00431. The van der Waals surface area contributed by atoms with E-state index in [9.17, 15) is 4.79 Å². The van der Waals surface area contributed by atoms with Gasteiger partial charge < -0.3 is 10.2 Å². The van der Waals surface area contributed by atoms with E-state index in [1.807, 2.05) is 72.8 Å². The molecule has 1 heterocycles. The van der Waals surface area contributed by atoms with Crippen LogP contribution < -0.4 is 10.2 Å². The zero-order valence-corrected chi connectivity index (χ0v) is 19.3. The summed E-state index contributed by atoms with van der Waals surface area (Å²) in [6.07, 6.45) is 0. The van der Waals surface area contributed by atoms with E-state index in [0.717, 1.165) is 52.4 Å². The zero-order valence-electron chi connectivity index (χ0n) is 16.9. The summed E-state index contributed by atoms with van der Waals surface area (Å²) in [5.41, 5.74) is 1.88. The van der Waals surface area contributed by atoms with Gasteiger partial charge in [-0.05, 0) is 48.5 Å². The van der Waals surface area contributed by atoms with Crippen molar-refractivity contribution in [2.45, 2.75) is 9.79 Å². The van der Waals surface area contributed by atoms with Crippen LogP contribution in [0.3, 0.4) is 0 Å². The van der Waals surface area contributed by atoms with Gasteiger partial charge in [-0.25, -0.2) is 0 Å². The van der Waals surface area contributed by atoms with Crippen molar-refractivity contribution < 1.29 is 4.79 Å². The lowest BCUT2D eigenvalue weighted by Crippen LogP contribution is -2.48. The largest absolute Gasteiger partial charge is 0.368 e. The first-order chi connectivity index (χ1) is 15.1. The summed E-state index contributed by atoms with van der Waals surface area (Å²) in [5, 5.41) is 4.56. The van der Waals surface area contributed by atoms with Crippen LogP contribution in [0.5, 0.6) is 0 Å². The third kappa shape index (κ3) is 5.95. The molecule has 1 fully saturated rings. The van der Waals surface area contributed by atoms with Crippen molar-refractivity contribution in [3.8, 4) is 0 Å². The molecule has 0 atom stereocenters. The molecule has 1 saturated heterocycles. The highest BCUT2D eigenvalue weighted by molar-refractivity contribution is 7.99. The number of para-hydroxylation sites is 2. The molecule has 0 unspecified atom stereocenters. The Morgan fingerprint density at radius 3 is 2.29 bits per heavy atom. The molecule has 3 aromatic carbocycles. The van der Waals surface area contributed by atoms with Crippen LogP contribution in [-0.2, 0) is 4.79 Å². The number of piperazine rings is 1. The fourth-order valence-electron chi connectivity index (χ4n) is 3.54. The van der Waals surface area contributed by atoms with Gasteiger partial charge in [0.25, 0.3) is 0 Å². The maximum absolute atomic E-state index is 12.7. The minimum Gasteiger partial charge on any atom is -0.368 e. The summed E-state index contributed by atoms with van der Waals surface area (Å²) >= 11 is 13.9. The van der Waals surface area contributed by atoms with Gasteiger partial charge in [0.15, 0.2) is 0 Å². The van der Waals surface area contributed by atoms with Gasteiger partial charge in [-0.15, -0.1) is 0 Å². The summed E-state index contributed by atoms with van der Waals surface area (Å²) in [6.45, 7) is 3.70. The lowest BCUT2D eigenvalue weighted by molar-refractivity contribution is -0.117. The number of nitrogens with zero attached hydrogens (tertiary/aromatic N) is 2. The highest BCUT2D eigenvalue weighted by Gasteiger charge is 2.20. The molecule has 0 saturated carbocycles. The van der Waals surface area contributed by atoms with Crippen molar-refractivity contribution in [3.63, 3.8) is 0 Å². The molecule has 0 radical (unpaired) electrons. The van der Waals surface area contributed by atoms with Crippen LogP contribution in [0.2, 0.25) is 10.0 Å². The van der Waals surface area contributed by atoms with E-state index in [1.54, 1.807) is 11.8 Å². The van der Waals surface area contributed by atoms with E-state index in [0.29, 0.717) is 11.6 Å². The molecule has 0 aromatic heterocycles. The second kappa shape index (κ2) is 10.4. The fraction of sp³-hybridized carbons (Fsp3) is 0.208. The van der Waals surface area contributed by atoms with Crippen LogP contribution in [0.25, 0.3) is 0 Å². The Morgan fingerprint density at radius 1 is 0.871 bits per heavy atom. The predicted molar refractivity (Wildman–Crippen MR) is 131 cm³/mol. The van der Waals surface area contributed by atoms with Crippen LogP contribution in [0.4, 0.5) is 11.4 Å². The monoisotopic (exact) mass is 471 g/mol. The van der Waals surface area contributed by atoms with Crippen molar-refractivity contribution in [1.82, 2.24) is 4.90 Å². The number of anilines is 2. The molecule has 0 aliphatic carbocycles. The lowest BCUT2D eigenvalue weighted by Gasteiger charge is -2.36. The van der Waals surface area contributed by atoms with Crippen LogP contribution in [0.1, 0.15) is 0 Å². The average molecular weight is 472 g/mol. The maximum atomic E-state index is 12.7. The molecule has 3 aromatic rings. The first-order valence-corrected chi connectivity index (χ1v) is 11.7. The van der Waals surface area contributed by atoms with Gasteiger partial charge in [-0.3, -0.25) is 9.69 Å². The number of halogens is 2. The van der Waals surface area contributed by atoms with E-state index >= 15 is 0 Å². The Balaban J connectivity index is 1.32. The topological polar surface area (TPSA) is 35.6 Å². The number of carbonyl (C=O) groups excluding carboxylic acids is 1. The van der Waals surface area contributed by atoms with Gasteiger partial charge in [-0.1, -0.05) is 59.2 Å². The number of benzene rings is 3. The second-order valence-corrected chi connectivity index (χ2v) is 9.27. The molecule has 7 heteroatoms. The van der Waals surface area contributed by atoms with E-state index < -0.39 is 0 Å². The number of carbonyl (C=O) groups is 1. The summed E-state index contributed by atoms with van der Waals surface area (Å²) in [7, 11) is 0. The molecule has 1 aliphatic heterocycles. The molecule has 4 nitrogen and oxygen atoms in total. The number of rotatable bonds is 6. The van der Waals surface area contributed by atoms with Crippen LogP contribution in [0, 0.1) is 0 Å². The Morgan fingerprint density at radius 2 is 1.55 bits per heavy atom. The van der Waals surface area contributed by atoms with Crippen molar-refractivity contribution >= 4 is 52.2 Å². The maximum Gasteiger partial charge on any atom is 0.238 e. The van der Waals surface area contributed by atoms with Gasteiger partial charge >= 0.3 is 0 Å². The Labute approximate surface area is 197 Å². The number of nitrogens with one attached hydrogen (secondary N) is 1. The molecular formula is C24H23Cl2N3OS. The highest BCUT2D eigenvalue weighted by Crippen LogP contribution is 2.34. The first kappa shape index (κ1) is 22.0. The molecule has 1 amide bonds. The Kier molecular flexibility index (Phi) is 7.41. The third-order valence-corrected chi connectivity index (χ3v) is 6.79. The second-order valence-electron chi connectivity index (χ2n) is 7.31. The molecule has 0 spiro atoms. The van der Waals surface area contributed by atoms with E-state index in [1.165, 1.54) is 0 Å². The molecule has 0 bridgehead atoms. The lowest BCUT2D eigenvalue weighted by atomic mass is 10.2. The van der Waals surface area contributed by atoms with Crippen LogP contribution in [-0.4, -0.2) is 43.5 Å². The summed E-state index contributed by atoms with van der Waals surface area (Å²) < 4.78 is 0. The summed E-state index contributed by atoms with van der Waals surface area (Å²) in [5.74, 6) is -0.00431. The zero-order chi connectivity index (χ0) is 21.6. The minimum atomic E-state index is -0.00431. The normalized spacial score (nSPS) is 14.5. The summed E-state index contributed by atoms with van der Waals surface area (Å²) in [6, 6.07) is 23.4. The third-order valence-electron chi connectivity index (χ3n) is 5.14. The van der Waals surface area contributed by atoms with Crippen molar-refractivity contribution in [2.75, 3.05) is 42.9 Å². The van der Waals surface area contributed by atoms with Crippen LogP contribution in [0.15, 0.2) is 82.6 Å². The predicted octanol–water partition coefficient (Wildman–Crippen LogP) is 5.91. The number of hydrogen-bond acceptors (Lipinski definition) is 4. The van der Waals surface area contributed by atoms with Gasteiger partial charge in [0.1, 0.15) is 0 Å². The van der Waals surface area contributed by atoms with Gasteiger partial charge in [-0.2, -0.15) is 0 Å². The standard InChI is InChI=1S/C24H23Cl2N3OS/c25-18-9-11-19(12-10-18)31-23-8-4-2-6-21(23)27-24(30)17-28-13-15-29(16-14-28)22-7-3-1-5-20(22)26/h1-12H,13-17H2,(H,27,30). The molecule has 4 rings (SSSR count). The summed E-state index contributed by atoms with van der Waals surface area (Å²) in [4.78, 5) is 19.2. The molecule has 1 N–H and O–H groups in total. The van der Waals surface area contributed by atoms with Gasteiger partial charge in [0.05, 0.1) is 22.9 Å². The van der Waals surface area contributed by atoms with Crippen molar-refractivity contribution in [1.29, 1.82) is 0 Å². The molecule has 31 heavy (non-hydrogen) atoms. The fourth-order valence-corrected chi connectivity index (χ4v) is 4.82. The number of amides is 1. The Bertz CT molecular complexity index is 1040. The first-order valence-electron chi connectivity index (χ1n) is 10.1. The SMILES string of the molecule is O=C(CN1CCN(c2ccccc2Cl)CC1)Nc1ccccc1Sc1ccc(Cl)cc1. The van der Waals surface area contributed by atoms with E-state index in [4.69, 9.17) is 23.2 Å². The number of hydrogen-bond donors (Lipinski definition) is 1. The van der Waals surface area contributed by atoms with Gasteiger partial charge in [0, 0.05) is 41.0 Å².